The van der Waals surface area contributed by atoms with Gasteiger partial charge in [-0.3, -0.25) is 9.59 Å². The van der Waals surface area contributed by atoms with Gasteiger partial charge in [-0.2, -0.15) is 0 Å². The number of esters is 1. The van der Waals surface area contributed by atoms with Crippen molar-refractivity contribution in [3.8, 4) is 0 Å². The summed E-state index contributed by atoms with van der Waals surface area (Å²) in [6.45, 7) is 9.03. The van der Waals surface area contributed by atoms with Crippen molar-refractivity contribution in [2.45, 2.75) is 52.7 Å². The van der Waals surface area contributed by atoms with Crippen LogP contribution in [0.3, 0.4) is 0 Å². The molecule has 0 saturated carbocycles. The fraction of sp³-hybridized carbons (Fsp3) is 0.833. The number of hydrogen-bond acceptors (Lipinski definition) is 4. The molecule has 0 fully saturated rings. The first-order chi connectivity index (χ1) is 7.54. The number of ether oxygens (including phenoxy) is 1. The number of carboxylic acid groups (broad SMARTS) is 1. The lowest BCUT2D eigenvalue weighted by Crippen LogP contribution is -2.38. The van der Waals surface area contributed by atoms with E-state index < -0.39 is 23.5 Å². The third-order valence-corrected chi connectivity index (χ3v) is 2.34. The summed E-state index contributed by atoms with van der Waals surface area (Å²) in [4.78, 5) is 22.6. The molecule has 100 valence electrons. The molecule has 0 aromatic rings. The van der Waals surface area contributed by atoms with Crippen LogP contribution < -0.4 is 5.73 Å². The number of aliphatic carboxylic acids is 1. The van der Waals surface area contributed by atoms with Crippen LogP contribution in [0.1, 0.15) is 41.0 Å². The van der Waals surface area contributed by atoms with Crippen LogP contribution in [-0.2, 0) is 14.3 Å². The van der Waals surface area contributed by atoms with E-state index in [-0.39, 0.29) is 18.3 Å². The summed E-state index contributed by atoms with van der Waals surface area (Å²) in [6, 6.07) is -1.03. The lowest BCUT2D eigenvalue weighted by Gasteiger charge is -2.26. The van der Waals surface area contributed by atoms with Crippen LogP contribution in [-0.4, -0.2) is 28.7 Å². The second-order valence-corrected chi connectivity index (χ2v) is 5.56. The van der Waals surface area contributed by atoms with Crippen molar-refractivity contribution in [2.75, 3.05) is 0 Å². The number of nitrogens with two attached hydrogens (primary N) is 1. The van der Waals surface area contributed by atoms with Crippen LogP contribution >= 0.6 is 0 Å². The molecular weight excluding hydrogens is 222 g/mol. The Morgan fingerprint density at radius 2 is 1.76 bits per heavy atom. The molecule has 0 rings (SSSR count). The van der Waals surface area contributed by atoms with Gasteiger partial charge in [0.1, 0.15) is 11.6 Å². The molecule has 1 unspecified atom stereocenters. The third kappa shape index (κ3) is 6.26. The van der Waals surface area contributed by atoms with Gasteiger partial charge in [-0.25, -0.2) is 0 Å². The predicted octanol–water partition coefficient (Wildman–Crippen LogP) is 1.40. The maximum atomic E-state index is 11.9. The maximum absolute atomic E-state index is 11.9. The summed E-state index contributed by atoms with van der Waals surface area (Å²) in [5.41, 5.74) is 4.88. The molecule has 0 amide bonds. The van der Waals surface area contributed by atoms with Gasteiger partial charge in [0.25, 0.3) is 0 Å². The van der Waals surface area contributed by atoms with Crippen molar-refractivity contribution < 1.29 is 19.4 Å². The highest BCUT2D eigenvalue weighted by molar-refractivity contribution is 5.77. The Balaban J connectivity index is 4.64. The van der Waals surface area contributed by atoms with E-state index in [2.05, 4.69) is 0 Å². The average molecular weight is 245 g/mol. The zero-order valence-electron chi connectivity index (χ0n) is 11.2. The Morgan fingerprint density at radius 3 is 2.06 bits per heavy atom. The zero-order chi connectivity index (χ0) is 13.8. The quantitative estimate of drug-likeness (QED) is 0.715. The molecule has 0 bridgehead atoms. The molecule has 0 aliphatic heterocycles. The van der Waals surface area contributed by atoms with E-state index in [9.17, 15) is 9.59 Å². The van der Waals surface area contributed by atoms with Gasteiger partial charge < -0.3 is 15.6 Å². The Bertz CT molecular complexity index is 281. The Kier molecular flexibility index (Phi) is 5.61. The highest BCUT2D eigenvalue weighted by Gasteiger charge is 2.31. The van der Waals surface area contributed by atoms with E-state index in [4.69, 9.17) is 15.6 Å². The van der Waals surface area contributed by atoms with Crippen LogP contribution in [0.15, 0.2) is 0 Å². The fourth-order valence-corrected chi connectivity index (χ4v) is 1.39. The molecule has 17 heavy (non-hydrogen) atoms. The molecule has 0 aromatic carbocycles. The highest BCUT2D eigenvalue weighted by Crippen LogP contribution is 2.21. The van der Waals surface area contributed by atoms with Crippen molar-refractivity contribution in [1.82, 2.24) is 0 Å². The van der Waals surface area contributed by atoms with Crippen LogP contribution in [0.2, 0.25) is 0 Å². The molecule has 0 aromatic heterocycles. The van der Waals surface area contributed by atoms with Crippen molar-refractivity contribution in [3.63, 3.8) is 0 Å². The number of carbonyl (C=O) groups excluding carboxylic acids is 1. The molecular formula is C12H23NO4. The van der Waals surface area contributed by atoms with Gasteiger partial charge >= 0.3 is 11.9 Å². The Hall–Kier alpha value is -1.10. The molecule has 0 radical (unpaired) electrons. The molecule has 0 heterocycles. The van der Waals surface area contributed by atoms with Crippen molar-refractivity contribution in [2.24, 2.45) is 17.6 Å². The van der Waals surface area contributed by atoms with Crippen LogP contribution in [0.25, 0.3) is 0 Å². The lowest BCUT2D eigenvalue weighted by molar-refractivity contribution is -0.162. The summed E-state index contributed by atoms with van der Waals surface area (Å²) in [5, 5.41) is 8.75. The number of hydrogen-bond donors (Lipinski definition) is 2. The van der Waals surface area contributed by atoms with E-state index in [0.717, 1.165) is 0 Å². The second-order valence-electron chi connectivity index (χ2n) is 5.56. The molecule has 3 N–H and O–H groups in total. The SMILES string of the molecule is CC(C)C(C[C@@H](N)C(=O)O)C(=O)OC(C)(C)C. The fourth-order valence-electron chi connectivity index (χ4n) is 1.39. The molecule has 0 saturated heterocycles. The zero-order valence-corrected chi connectivity index (χ0v) is 11.2. The monoisotopic (exact) mass is 245 g/mol. The molecule has 0 aliphatic carbocycles. The third-order valence-electron chi connectivity index (χ3n) is 2.34. The lowest BCUT2D eigenvalue weighted by atomic mass is 9.89. The van der Waals surface area contributed by atoms with Crippen molar-refractivity contribution in [3.05, 3.63) is 0 Å². The van der Waals surface area contributed by atoms with Crippen molar-refractivity contribution in [1.29, 1.82) is 0 Å². The highest BCUT2D eigenvalue weighted by atomic mass is 16.6. The standard InChI is InChI=1S/C12H23NO4/c1-7(2)8(6-9(13)10(14)15)11(16)17-12(3,4)5/h7-9H,6,13H2,1-5H3,(H,14,15)/t8?,9-/m1/s1. The predicted molar refractivity (Wildman–Crippen MR) is 64.4 cm³/mol. The topological polar surface area (TPSA) is 89.6 Å². The van der Waals surface area contributed by atoms with Gasteiger partial charge in [-0.1, -0.05) is 13.8 Å². The maximum Gasteiger partial charge on any atom is 0.320 e. The number of rotatable bonds is 5. The average Bonchev–Trinajstić information content (AvgIpc) is 2.09. The molecule has 2 atom stereocenters. The minimum atomic E-state index is -1.10. The van der Waals surface area contributed by atoms with Crippen LogP contribution in [0.5, 0.6) is 0 Å². The van der Waals surface area contributed by atoms with Gasteiger partial charge in [0.05, 0.1) is 5.92 Å². The normalized spacial score (nSPS) is 15.5. The number of carboxylic acids is 1. The van der Waals surface area contributed by atoms with Crippen LogP contribution in [0.4, 0.5) is 0 Å². The van der Waals surface area contributed by atoms with E-state index in [1.807, 2.05) is 13.8 Å². The summed E-state index contributed by atoms with van der Waals surface area (Å²) in [6.07, 6.45) is 0.0991. The van der Waals surface area contributed by atoms with Gasteiger partial charge in [0.15, 0.2) is 0 Å². The molecule has 5 nitrogen and oxygen atoms in total. The Labute approximate surface area is 102 Å². The van der Waals surface area contributed by atoms with Crippen molar-refractivity contribution >= 4 is 11.9 Å². The van der Waals surface area contributed by atoms with E-state index >= 15 is 0 Å². The first kappa shape index (κ1) is 15.9. The van der Waals surface area contributed by atoms with E-state index in [0.29, 0.717) is 0 Å². The van der Waals surface area contributed by atoms with Gasteiger partial charge in [0, 0.05) is 0 Å². The largest absolute Gasteiger partial charge is 0.480 e. The van der Waals surface area contributed by atoms with Gasteiger partial charge in [0.2, 0.25) is 0 Å². The smallest absolute Gasteiger partial charge is 0.320 e. The van der Waals surface area contributed by atoms with E-state index in [1.165, 1.54) is 0 Å². The minimum absolute atomic E-state index is 0.00440. The first-order valence-corrected chi connectivity index (χ1v) is 5.76. The first-order valence-electron chi connectivity index (χ1n) is 5.76. The molecule has 5 heteroatoms. The Morgan fingerprint density at radius 1 is 1.29 bits per heavy atom. The van der Waals surface area contributed by atoms with Gasteiger partial charge in [-0.05, 0) is 33.1 Å². The summed E-state index contributed by atoms with van der Waals surface area (Å²) < 4.78 is 5.25. The number of carbonyl (C=O) groups is 2. The van der Waals surface area contributed by atoms with E-state index in [1.54, 1.807) is 20.8 Å². The molecule has 0 spiro atoms. The summed E-state index contributed by atoms with van der Waals surface area (Å²) in [7, 11) is 0. The summed E-state index contributed by atoms with van der Waals surface area (Å²) in [5.74, 6) is -1.97. The minimum Gasteiger partial charge on any atom is -0.480 e. The molecule has 0 aliphatic rings. The van der Waals surface area contributed by atoms with Gasteiger partial charge in [-0.15, -0.1) is 0 Å². The summed E-state index contributed by atoms with van der Waals surface area (Å²) >= 11 is 0. The second kappa shape index (κ2) is 6.00. The van der Waals surface area contributed by atoms with Crippen LogP contribution in [0, 0.1) is 11.8 Å².